The summed E-state index contributed by atoms with van der Waals surface area (Å²) in [6.45, 7) is -0.484. The van der Waals surface area contributed by atoms with Gasteiger partial charge in [-0.3, -0.25) is 28.9 Å². The molecule has 6 N–H and O–H groups in total. The third-order valence-electron chi connectivity index (χ3n) is 8.42. The molecule has 49 heavy (non-hydrogen) atoms. The number of cyclic esters (lactones) is 1. The lowest BCUT2D eigenvalue weighted by Crippen LogP contribution is -2.56. The fourth-order valence-electron chi connectivity index (χ4n) is 5.76. The van der Waals surface area contributed by atoms with Crippen LogP contribution in [0.1, 0.15) is 52.1 Å². The van der Waals surface area contributed by atoms with Crippen molar-refractivity contribution in [1.29, 1.82) is 0 Å². The molecule has 0 spiro atoms. The Morgan fingerprint density at radius 2 is 1.67 bits per heavy atom. The summed E-state index contributed by atoms with van der Waals surface area (Å²) in [6.07, 6.45) is -1.83. The highest BCUT2D eigenvalue weighted by molar-refractivity contribution is 7.13. The molecule has 0 bridgehead atoms. The number of hydroxylamine groups is 2. The van der Waals surface area contributed by atoms with E-state index in [2.05, 4.69) is 10.1 Å². The van der Waals surface area contributed by atoms with Crippen molar-refractivity contribution in [2.24, 2.45) is 11.1 Å². The van der Waals surface area contributed by atoms with Crippen molar-refractivity contribution in [3.63, 3.8) is 0 Å². The van der Waals surface area contributed by atoms with Crippen molar-refractivity contribution < 1.29 is 73.1 Å². The van der Waals surface area contributed by atoms with Crippen molar-refractivity contribution in [2.75, 3.05) is 25.6 Å². The van der Waals surface area contributed by atoms with Crippen LogP contribution in [0.5, 0.6) is 11.5 Å². The lowest BCUT2D eigenvalue weighted by molar-refractivity contribution is -0.256. The van der Waals surface area contributed by atoms with Crippen molar-refractivity contribution in [1.82, 2.24) is 14.9 Å². The van der Waals surface area contributed by atoms with E-state index in [1.807, 2.05) is 0 Å². The average molecular weight is 704 g/mol. The number of esters is 1. The van der Waals surface area contributed by atoms with Crippen LogP contribution in [0.25, 0.3) is 0 Å². The van der Waals surface area contributed by atoms with Crippen molar-refractivity contribution in [2.45, 2.75) is 43.1 Å². The highest BCUT2D eigenvalue weighted by atomic mass is 32.1. The summed E-state index contributed by atoms with van der Waals surface area (Å²) >= 11 is 0.940. The molecule has 3 saturated heterocycles. The summed E-state index contributed by atoms with van der Waals surface area (Å²) < 4.78 is 10.3. The zero-order valence-corrected chi connectivity index (χ0v) is 25.7. The second-order valence-corrected chi connectivity index (χ2v) is 12.3. The SMILES string of the molecule is Nc1nc(/C(=N/OC2(C(=O)O)CCOCC2)C(=O)C[C@H]2CON(C3(C(=O)O)C[C@H](N4C(=O)c5cc(O)c(O)cc5C4=O)C(=O)O3)C2=O)cs1. The topological polar surface area (TPSA) is 295 Å². The summed E-state index contributed by atoms with van der Waals surface area (Å²) in [5.74, 6) is -11.7. The van der Waals surface area contributed by atoms with Gasteiger partial charge < -0.3 is 40.5 Å². The monoisotopic (exact) mass is 703 g/mol. The molecule has 0 saturated carbocycles. The van der Waals surface area contributed by atoms with Crippen LogP contribution in [0.4, 0.5) is 5.13 Å². The number of phenols is 2. The van der Waals surface area contributed by atoms with E-state index in [1.54, 1.807) is 0 Å². The number of nitrogens with two attached hydrogens (primary N) is 1. The van der Waals surface area contributed by atoms with E-state index in [1.165, 1.54) is 5.38 Å². The number of carbonyl (C=O) groups excluding carboxylic acids is 5. The number of carboxylic acid groups (broad SMARTS) is 2. The van der Waals surface area contributed by atoms with Crippen LogP contribution in [0, 0.1) is 5.92 Å². The standard InChI is InChI=1S/C28H25N5O15S/c29-26-30-14(10-49-26)19(31-48-27(24(41)42)1-3-45-4-2-27)18(36)5-11-9-46-33(20(11)37)28(25(43)44)8-15(23(40)47-28)32-21(38)12-6-16(34)17(35)7-13(12)22(32)39/h6-7,10-11,15,34-35H,1-5,8-9H2,(H2,29,30)(H,41,42)(H,43,44)/b31-19-/t11-,15-,28?/m0/s1. The number of hydrogen-bond acceptors (Lipinski definition) is 17. The van der Waals surface area contributed by atoms with Gasteiger partial charge in [0.05, 0.1) is 43.3 Å². The molecule has 21 heteroatoms. The highest BCUT2D eigenvalue weighted by Crippen LogP contribution is 2.41. The normalized spacial score (nSPS) is 25.0. The zero-order valence-electron chi connectivity index (χ0n) is 24.9. The molecule has 3 amide bonds. The number of aliphatic carboxylic acids is 2. The predicted octanol–water partition coefficient (Wildman–Crippen LogP) is -0.767. The van der Waals surface area contributed by atoms with Gasteiger partial charge in [0.2, 0.25) is 5.60 Å². The zero-order chi connectivity index (χ0) is 35.4. The minimum absolute atomic E-state index is 0.0358. The molecule has 3 fully saturated rings. The van der Waals surface area contributed by atoms with Crippen molar-refractivity contribution in [3.05, 3.63) is 34.3 Å². The van der Waals surface area contributed by atoms with Gasteiger partial charge in [-0.15, -0.1) is 11.3 Å². The van der Waals surface area contributed by atoms with Crippen LogP contribution in [-0.4, -0.2) is 120 Å². The maximum absolute atomic E-state index is 13.6. The predicted molar refractivity (Wildman–Crippen MR) is 156 cm³/mol. The van der Waals surface area contributed by atoms with E-state index in [9.17, 15) is 54.0 Å². The number of aromatic hydroxyl groups is 2. The molecule has 0 aliphatic carbocycles. The van der Waals surface area contributed by atoms with E-state index < -0.39 is 101 Å². The van der Waals surface area contributed by atoms with Gasteiger partial charge in [0.15, 0.2) is 28.1 Å². The van der Waals surface area contributed by atoms with E-state index in [-0.39, 0.29) is 53.1 Å². The number of ketones is 1. The van der Waals surface area contributed by atoms with Gasteiger partial charge in [-0.05, 0) is 12.1 Å². The Morgan fingerprint density at radius 3 is 2.22 bits per heavy atom. The van der Waals surface area contributed by atoms with E-state index in [0.717, 1.165) is 23.5 Å². The third kappa shape index (κ3) is 5.46. The number of fused-ring (bicyclic) bond motifs is 1. The number of anilines is 1. The van der Waals surface area contributed by atoms with E-state index in [0.29, 0.717) is 4.90 Å². The number of phenolic OH excluding ortho intramolecular Hbond substituents is 2. The number of nitrogen functional groups attached to an aromatic ring is 1. The second kappa shape index (κ2) is 12.1. The molecule has 4 aliphatic rings. The fraction of sp³-hybridized carbons (Fsp3) is 0.393. The summed E-state index contributed by atoms with van der Waals surface area (Å²) in [6, 6.07) is -0.265. The van der Waals surface area contributed by atoms with Gasteiger partial charge >= 0.3 is 23.6 Å². The number of aromatic nitrogens is 1. The van der Waals surface area contributed by atoms with Crippen LogP contribution in [0.2, 0.25) is 0 Å². The lowest BCUT2D eigenvalue weighted by Gasteiger charge is -2.31. The Morgan fingerprint density at radius 1 is 1.04 bits per heavy atom. The molecule has 1 aromatic heterocycles. The molecule has 2 aromatic rings. The first-order valence-corrected chi connectivity index (χ1v) is 15.3. The number of Topliss-reactive ketones (excluding diaryl/α,β-unsaturated/α-hetero) is 1. The molecule has 6 rings (SSSR count). The number of oxime groups is 1. The van der Waals surface area contributed by atoms with Crippen molar-refractivity contribution >= 4 is 63.6 Å². The number of carboxylic acids is 2. The number of thiazole rings is 1. The molecule has 5 heterocycles. The maximum atomic E-state index is 13.6. The number of amides is 3. The minimum Gasteiger partial charge on any atom is -0.504 e. The van der Waals surface area contributed by atoms with E-state index in [4.69, 9.17) is 24.9 Å². The lowest BCUT2D eigenvalue weighted by atomic mass is 9.95. The molecule has 20 nitrogen and oxygen atoms in total. The van der Waals surface area contributed by atoms with Crippen LogP contribution in [-0.2, 0) is 43.1 Å². The first-order valence-electron chi connectivity index (χ1n) is 14.4. The van der Waals surface area contributed by atoms with Gasteiger partial charge in [-0.1, -0.05) is 5.16 Å². The molecule has 0 radical (unpaired) electrons. The molecular formula is C28H25N5O15S. The Hall–Kier alpha value is -5.67. The molecule has 1 aromatic carbocycles. The fourth-order valence-corrected chi connectivity index (χ4v) is 6.30. The first kappa shape index (κ1) is 33.2. The van der Waals surface area contributed by atoms with Gasteiger partial charge in [-0.2, -0.15) is 5.06 Å². The minimum atomic E-state index is -2.88. The number of imide groups is 1. The van der Waals surface area contributed by atoms with Gasteiger partial charge in [-0.25, -0.2) is 19.4 Å². The third-order valence-corrected chi connectivity index (χ3v) is 9.09. The quantitative estimate of drug-likeness (QED) is 0.0667. The molecule has 258 valence electrons. The van der Waals surface area contributed by atoms with Crippen molar-refractivity contribution in [3.8, 4) is 11.5 Å². The largest absolute Gasteiger partial charge is 0.504 e. The maximum Gasteiger partial charge on any atom is 0.372 e. The van der Waals surface area contributed by atoms with Gasteiger partial charge in [0, 0.05) is 24.6 Å². The number of ether oxygens (including phenoxy) is 2. The summed E-state index contributed by atoms with van der Waals surface area (Å²) in [5, 5.41) is 45.0. The molecule has 4 aliphatic heterocycles. The Kier molecular flexibility index (Phi) is 8.20. The summed E-state index contributed by atoms with van der Waals surface area (Å²) in [7, 11) is 0. The van der Waals surface area contributed by atoms with Crippen LogP contribution in [0.15, 0.2) is 22.7 Å². The second-order valence-electron chi connectivity index (χ2n) is 11.4. The van der Waals surface area contributed by atoms with Crippen LogP contribution < -0.4 is 5.73 Å². The number of hydrogen-bond donors (Lipinski definition) is 5. The Bertz CT molecular complexity index is 1810. The number of nitrogens with zero attached hydrogens (tertiary/aromatic N) is 4. The van der Waals surface area contributed by atoms with Crippen LogP contribution in [0.3, 0.4) is 0 Å². The number of rotatable bonds is 10. The number of benzene rings is 1. The van der Waals surface area contributed by atoms with Crippen LogP contribution >= 0.6 is 11.3 Å². The Balaban J connectivity index is 1.22. The Labute approximate surface area is 277 Å². The molecule has 3 atom stereocenters. The molecular weight excluding hydrogens is 678 g/mol. The summed E-state index contributed by atoms with van der Waals surface area (Å²) in [4.78, 5) is 106. The van der Waals surface area contributed by atoms with Gasteiger partial charge in [0.1, 0.15) is 11.7 Å². The number of carbonyl (C=O) groups is 7. The highest BCUT2D eigenvalue weighted by Gasteiger charge is 2.65. The van der Waals surface area contributed by atoms with E-state index >= 15 is 0 Å². The summed E-state index contributed by atoms with van der Waals surface area (Å²) in [5.41, 5.74) is -0.285. The smallest absolute Gasteiger partial charge is 0.372 e. The van der Waals surface area contributed by atoms with Gasteiger partial charge in [0.25, 0.3) is 17.7 Å². The molecule has 1 unspecified atom stereocenters. The average Bonchev–Trinajstić information content (AvgIpc) is 3.80. The first-order chi connectivity index (χ1) is 23.2.